The molecule has 1 amide bonds. The van der Waals surface area contributed by atoms with Gasteiger partial charge in [0.25, 0.3) is 0 Å². The van der Waals surface area contributed by atoms with Crippen LogP contribution in [0.4, 0.5) is 9.18 Å². The molecule has 1 aliphatic heterocycles. The molecule has 4 nitrogen and oxygen atoms in total. The molecule has 1 saturated heterocycles. The van der Waals surface area contributed by atoms with E-state index in [4.69, 9.17) is 4.74 Å². The lowest BCUT2D eigenvalue weighted by Crippen LogP contribution is -2.43. The molecule has 128 valence electrons. The summed E-state index contributed by atoms with van der Waals surface area (Å²) in [4.78, 5) is 14.5. The molecule has 0 N–H and O–H groups in total. The van der Waals surface area contributed by atoms with E-state index in [0.717, 1.165) is 12.8 Å². The SMILES string of the molecule is CC(C)(C)OC(=O)N1CCC[C@@H](C[S@](=O)c2ccc(F)cc2)C1. The third-order valence-electron chi connectivity index (χ3n) is 3.63. The molecule has 0 aliphatic carbocycles. The summed E-state index contributed by atoms with van der Waals surface area (Å²) in [6.45, 7) is 6.76. The summed E-state index contributed by atoms with van der Waals surface area (Å²) in [6, 6.07) is 5.75. The van der Waals surface area contributed by atoms with Gasteiger partial charge in [-0.1, -0.05) is 0 Å². The monoisotopic (exact) mass is 341 g/mol. The number of amides is 1. The van der Waals surface area contributed by atoms with Crippen LogP contribution in [0.3, 0.4) is 0 Å². The second kappa shape index (κ2) is 7.43. The predicted octanol–water partition coefficient (Wildman–Crippen LogP) is 3.58. The Hall–Kier alpha value is -1.43. The number of nitrogens with zero attached hydrogens (tertiary/aromatic N) is 1. The normalized spacial score (nSPS) is 20.2. The first kappa shape index (κ1) is 17.9. The molecule has 6 heteroatoms. The number of benzene rings is 1. The van der Waals surface area contributed by atoms with Crippen molar-refractivity contribution < 1.29 is 18.1 Å². The first-order valence-corrected chi connectivity index (χ1v) is 9.18. The summed E-state index contributed by atoms with van der Waals surface area (Å²) in [5.74, 6) is 0.312. The number of rotatable bonds is 3. The van der Waals surface area contributed by atoms with Gasteiger partial charge in [0.2, 0.25) is 0 Å². The molecule has 0 unspecified atom stereocenters. The highest BCUT2D eigenvalue weighted by atomic mass is 32.2. The number of likely N-dealkylation sites (tertiary alicyclic amines) is 1. The average Bonchev–Trinajstić information content (AvgIpc) is 2.46. The van der Waals surface area contributed by atoms with Crippen molar-refractivity contribution in [3.8, 4) is 0 Å². The summed E-state index contributed by atoms with van der Waals surface area (Å²) < 4.78 is 30.7. The second-order valence-corrected chi connectivity index (χ2v) is 8.40. The minimum absolute atomic E-state index is 0.169. The molecule has 1 aromatic carbocycles. The molecule has 23 heavy (non-hydrogen) atoms. The zero-order valence-electron chi connectivity index (χ0n) is 13.9. The average molecular weight is 341 g/mol. The number of halogens is 1. The molecule has 0 bridgehead atoms. The van der Waals surface area contributed by atoms with Gasteiger partial charge in [-0.25, -0.2) is 9.18 Å². The lowest BCUT2D eigenvalue weighted by Gasteiger charge is -2.34. The standard InChI is InChI=1S/C17H24FNO3S/c1-17(2,3)22-16(20)19-10-4-5-13(11-19)12-23(21)15-8-6-14(18)7-9-15/h6-9,13H,4-5,10-12H2,1-3H3/t13-,23+/m1/s1. The molecule has 2 rings (SSSR count). The number of carbonyl (C=O) groups excluding carboxylic acids is 1. The number of hydrogen-bond donors (Lipinski definition) is 0. The van der Waals surface area contributed by atoms with Crippen LogP contribution in [0.5, 0.6) is 0 Å². The Morgan fingerprint density at radius 3 is 2.61 bits per heavy atom. The van der Waals surface area contributed by atoms with Gasteiger partial charge in [0, 0.05) is 23.7 Å². The maximum absolute atomic E-state index is 12.9. The van der Waals surface area contributed by atoms with E-state index in [-0.39, 0.29) is 17.8 Å². The van der Waals surface area contributed by atoms with E-state index in [1.54, 1.807) is 17.0 Å². The van der Waals surface area contributed by atoms with E-state index >= 15 is 0 Å². The van der Waals surface area contributed by atoms with E-state index in [0.29, 0.717) is 23.7 Å². The number of hydrogen-bond acceptors (Lipinski definition) is 3. The maximum atomic E-state index is 12.9. The van der Waals surface area contributed by atoms with Crippen LogP contribution in [0, 0.1) is 11.7 Å². The lowest BCUT2D eigenvalue weighted by molar-refractivity contribution is 0.0176. The first-order valence-electron chi connectivity index (χ1n) is 7.86. The van der Waals surface area contributed by atoms with E-state index in [2.05, 4.69) is 0 Å². The Bertz CT molecular complexity index is 568. The zero-order valence-corrected chi connectivity index (χ0v) is 14.7. The van der Waals surface area contributed by atoms with Gasteiger partial charge in [0.05, 0.1) is 10.8 Å². The zero-order chi connectivity index (χ0) is 17.0. The van der Waals surface area contributed by atoms with Gasteiger partial charge >= 0.3 is 6.09 Å². The van der Waals surface area contributed by atoms with Crippen molar-refractivity contribution in [3.63, 3.8) is 0 Å². The quantitative estimate of drug-likeness (QED) is 0.844. The Balaban J connectivity index is 1.92. The summed E-state index contributed by atoms with van der Waals surface area (Å²) >= 11 is 0. The Kier molecular flexibility index (Phi) is 5.79. The van der Waals surface area contributed by atoms with Crippen LogP contribution in [0.2, 0.25) is 0 Å². The Labute approximate surface area is 139 Å². The van der Waals surface area contributed by atoms with Crippen molar-refractivity contribution in [2.45, 2.75) is 44.1 Å². The van der Waals surface area contributed by atoms with Crippen LogP contribution in [-0.2, 0) is 15.5 Å². The van der Waals surface area contributed by atoms with Crippen molar-refractivity contribution in [1.82, 2.24) is 4.90 Å². The molecule has 1 aromatic rings. The minimum atomic E-state index is -1.18. The number of carbonyl (C=O) groups is 1. The van der Waals surface area contributed by atoms with E-state index in [1.807, 2.05) is 20.8 Å². The van der Waals surface area contributed by atoms with Crippen LogP contribution in [-0.4, -0.2) is 39.6 Å². The van der Waals surface area contributed by atoms with Gasteiger partial charge < -0.3 is 9.64 Å². The van der Waals surface area contributed by atoms with Crippen molar-refractivity contribution in [2.75, 3.05) is 18.8 Å². The van der Waals surface area contributed by atoms with Crippen molar-refractivity contribution >= 4 is 16.9 Å². The highest BCUT2D eigenvalue weighted by molar-refractivity contribution is 7.85. The number of ether oxygens (including phenoxy) is 1. The van der Waals surface area contributed by atoms with Gasteiger partial charge in [-0.2, -0.15) is 0 Å². The third-order valence-corrected chi connectivity index (χ3v) is 5.21. The van der Waals surface area contributed by atoms with Gasteiger partial charge in [0.1, 0.15) is 11.4 Å². The summed E-state index contributed by atoms with van der Waals surface area (Å²) in [7, 11) is -1.18. The van der Waals surface area contributed by atoms with Crippen LogP contribution < -0.4 is 0 Å². The molecule has 0 saturated carbocycles. The highest BCUT2D eigenvalue weighted by Gasteiger charge is 2.28. The first-order chi connectivity index (χ1) is 10.7. The van der Waals surface area contributed by atoms with Crippen LogP contribution in [0.1, 0.15) is 33.6 Å². The van der Waals surface area contributed by atoms with Crippen molar-refractivity contribution in [1.29, 1.82) is 0 Å². The topological polar surface area (TPSA) is 46.6 Å². The van der Waals surface area contributed by atoms with Crippen molar-refractivity contribution in [2.24, 2.45) is 5.92 Å². The van der Waals surface area contributed by atoms with Gasteiger partial charge in [0.15, 0.2) is 0 Å². The van der Waals surface area contributed by atoms with Gasteiger partial charge in [-0.05, 0) is 63.8 Å². The van der Waals surface area contributed by atoms with E-state index in [9.17, 15) is 13.4 Å². The Morgan fingerprint density at radius 2 is 2.00 bits per heavy atom. The highest BCUT2D eigenvalue weighted by Crippen LogP contribution is 2.22. The molecule has 0 spiro atoms. The largest absolute Gasteiger partial charge is 0.444 e. The molecule has 1 fully saturated rings. The number of piperidine rings is 1. The van der Waals surface area contributed by atoms with E-state index < -0.39 is 16.4 Å². The predicted molar refractivity (Wildman–Crippen MR) is 88.2 cm³/mol. The summed E-state index contributed by atoms with van der Waals surface area (Å²) in [6.07, 6.45) is 1.51. The molecular weight excluding hydrogens is 317 g/mol. The van der Waals surface area contributed by atoms with E-state index in [1.165, 1.54) is 12.1 Å². The fourth-order valence-corrected chi connectivity index (χ4v) is 3.92. The summed E-state index contributed by atoms with van der Waals surface area (Å²) in [5.41, 5.74) is -0.513. The molecule has 2 atom stereocenters. The molecule has 1 heterocycles. The van der Waals surface area contributed by atoms with Crippen LogP contribution >= 0.6 is 0 Å². The third kappa shape index (κ3) is 5.61. The van der Waals surface area contributed by atoms with Gasteiger partial charge in [-0.15, -0.1) is 0 Å². The minimum Gasteiger partial charge on any atom is -0.444 e. The molecule has 1 aliphatic rings. The van der Waals surface area contributed by atoms with Crippen molar-refractivity contribution in [3.05, 3.63) is 30.1 Å². The fourth-order valence-electron chi connectivity index (χ4n) is 2.59. The second-order valence-electron chi connectivity index (χ2n) is 6.90. The van der Waals surface area contributed by atoms with Crippen LogP contribution in [0.15, 0.2) is 29.2 Å². The lowest BCUT2D eigenvalue weighted by atomic mass is 10.0. The van der Waals surface area contributed by atoms with Crippen LogP contribution in [0.25, 0.3) is 0 Å². The summed E-state index contributed by atoms with van der Waals surface area (Å²) in [5, 5.41) is 0. The fraction of sp³-hybridized carbons (Fsp3) is 0.588. The smallest absolute Gasteiger partial charge is 0.410 e. The Morgan fingerprint density at radius 1 is 1.35 bits per heavy atom. The molecule has 0 aromatic heterocycles. The van der Waals surface area contributed by atoms with Gasteiger partial charge in [-0.3, -0.25) is 4.21 Å². The molecular formula is C17H24FNO3S. The maximum Gasteiger partial charge on any atom is 0.410 e. The molecule has 0 radical (unpaired) electrons.